The molecule has 23 heavy (non-hydrogen) atoms. The first-order valence-corrected chi connectivity index (χ1v) is 7.21. The van der Waals surface area contributed by atoms with E-state index in [0.717, 1.165) is 29.5 Å². The number of phenols is 1. The molecule has 0 radical (unpaired) electrons. The maximum atomic E-state index is 12.9. The Morgan fingerprint density at radius 1 is 0.783 bits per heavy atom. The molecule has 0 unspecified atom stereocenters. The van der Waals surface area contributed by atoms with Crippen LogP contribution < -0.4 is 0 Å². The summed E-state index contributed by atoms with van der Waals surface area (Å²) < 4.78 is 77.9. The summed E-state index contributed by atoms with van der Waals surface area (Å²) in [5.41, 5.74) is -2.42. The van der Waals surface area contributed by atoms with Gasteiger partial charge in [0.05, 0.1) is 16.1 Å². The molecule has 1 heterocycles. The highest BCUT2D eigenvalue weighted by molar-refractivity contribution is 7.25. The first kappa shape index (κ1) is 16.2. The molecule has 0 bridgehead atoms. The highest BCUT2D eigenvalue weighted by Crippen LogP contribution is 2.45. The van der Waals surface area contributed by atoms with Gasteiger partial charge < -0.3 is 5.11 Å². The van der Waals surface area contributed by atoms with Gasteiger partial charge in [0.25, 0.3) is 0 Å². The van der Waals surface area contributed by atoms with E-state index in [0.29, 0.717) is 10.8 Å². The lowest BCUT2D eigenvalue weighted by Crippen LogP contribution is -2.05. The molecule has 122 valence electrons. The van der Waals surface area contributed by atoms with Crippen LogP contribution in [0.15, 0.2) is 24.3 Å². The van der Waals surface area contributed by atoms with Crippen molar-refractivity contribution in [3.05, 3.63) is 40.4 Å². The minimum atomic E-state index is -4.81. The second-order valence-corrected chi connectivity index (χ2v) is 6.28. The fourth-order valence-electron chi connectivity index (χ4n) is 2.28. The summed E-state index contributed by atoms with van der Waals surface area (Å²) in [6.45, 7) is 0. The SMILES string of the molecule is Oc1cc2sc3cc(Cl)c(C(F)(F)F)cc3c2cc1C(F)(F)F. The summed E-state index contributed by atoms with van der Waals surface area (Å²) in [5, 5.41) is 8.95. The van der Waals surface area contributed by atoms with Crippen LogP contribution in [0.25, 0.3) is 20.2 Å². The average molecular weight is 371 g/mol. The monoisotopic (exact) mass is 370 g/mol. The molecule has 3 rings (SSSR count). The number of aromatic hydroxyl groups is 1. The zero-order chi connectivity index (χ0) is 17.2. The summed E-state index contributed by atoms with van der Waals surface area (Å²) in [6.07, 6.45) is -9.53. The lowest BCUT2D eigenvalue weighted by atomic mass is 10.1. The van der Waals surface area contributed by atoms with Gasteiger partial charge in [-0.1, -0.05) is 11.6 Å². The van der Waals surface area contributed by atoms with Crippen molar-refractivity contribution in [1.82, 2.24) is 0 Å². The highest BCUT2D eigenvalue weighted by atomic mass is 35.5. The van der Waals surface area contributed by atoms with E-state index >= 15 is 0 Å². The molecule has 0 aliphatic rings. The minimum Gasteiger partial charge on any atom is -0.507 e. The normalized spacial score (nSPS) is 13.2. The lowest BCUT2D eigenvalue weighted by Gasteiger charge is -2.10. The largest absolute Gasteiger partial charge is 0.507 e. The molecule has 0 saturated heterocycles. The number of fused-ring (bicyclic) bond motifs is 3. The van der Waals surface area contributed by atoms with Gasteiger partial charge in [0.1, 0.15) is 5.75 Å². The van der Waals surface area contributed by atoms with Crippen LogP contribution in [0.1, 0.15) is 11.1 Å². The van der Waals surface area contributed by atoms with Crippen LogP contribution in [0.5, 0.6) is 5.75 Å². The van der Waals surface area contributed by atoms with Crippen molar-refractivity contribution in [1.29, 1.82) is 0 Å². The van der Waals surface area contributed by atoms with Crippen LogP contribution in [0, 0.1) is 0 Å². The van der Waals surface area contributed by atoms with Gasteiger partial charge in [0.2, 0.25) is 0 Å². The molecule has 3 aromatic rings. The van der Waals surface area contributed by atoms with Gasteiger partial charge in [0, 0.05) is 20.2 Å². The van der Waals surface area contributed by atoms with Crippen molar-refractivity contribution in [2.24, 2.45) is 0 Å². The van der Waals surface area contributed by atoms with Crippen molar-refractivity contribution in [3.8, 4) is 5.75 Å². The van der Waals surface area contributed by atoms with E-state index in [2.05, 4.69) is 0 Å². The van der Waals surface area contributed by atoms with E-state index in [1.165, 1.54) is 0 Å². The number of alkyl halides is 6. The molecule has 1 N–H and O–H groups in total. The predicted octanol–water partition coefficient (Wildman–Crippen LogP) is 6.45. The maximum Gasteiger partial charge on any atom is 0.419 e. The van der Waals surface area contributed by atoms with Crippen LogP contribution in [0.2, 0.25) is 5.02 Å². The van der Waals surface area contributed by atoms with Gasteiger partial charge in [-0.3, -0.25) is 0 Å². The molecule has 0 amide bonds. The molecule has 2 aromatic carbocycles. The lowest BCUT2D eigenvalue weighted by molar-refractivity contribution is -0.139. The first-order chi connectivity index (χ1) is 10.5. The fourth-order valence-corrected chi connectivity index (χ4v) is 3.75. The number of thiophene rings is 1. The summed E-state index contributed by atoms with van der Waals surface area (Å²) in [6, 6.07) is 3.34. The third kappa shape index (κ3) is 2.70. The molecule has 0 aliphatic carbocycles. The number of benzene rings is 2. The van der Waals surface area contributed by atoms with E-state index in [1.54, 1.807) is 0 Å². The molecular formula is C14H5ClF6OS. The highest BCUT2D eigenvalue weighted by Gasteiger charge is 2.36. The van der Waals surface area contributed by atoms with Crippen LogP contribution in [0.4, 0.5) is 26.3 Å². The topological polar surface area (TPSA) is 20.2 Å². The van der Waals surface area contributed by atoms with Crippen molar-refractivity contribution in [2.45, 2.75) is 12.4 Å². The van der Waals surface area contributed by atoms with Crippen molar-refractivity contribution in [2.75, 3.05) is 0 Å². The second-order valence-electron chi connectivity index (χ2n) is 4.79. The standard InChI is InChI=1S/C14H5ClF6OS/c15-9-3-11-5(1-7(9)13(16,17)18)6-2-8(14(19,20)21)10(22)4-12(6)23-11/h1-4,22H. The summed E-state index contributed by atoms with van der Waals surface area (Å²) >= 11 is 6.56. The van der Waals surface area contributed by atoms with Crippen molar-refractivity contribution in [3.63, 3.8) is 0 Å². The van der Waals surface area contributed by atoms with E-state index in [-0.39, 0.29) is 15.5 Å². The molecule has 1 aromatic heterocycles. The summed E-state index contributed by atoms with van der Waals surface area (Å²) in [7, 11) is 0. The second kappa shape index (κ2) is 4.91. The molecule has 0 spiro atoms. The molecule has 0 saturated carbocycles. The Balaban J connectivity index is 2.40. The van der Waals surface area contributed by atoms with Crippen LogP contribution in [-0.4, -0.2) is 5.11 Å². The smallest absolute Gasteiger partial charge is 0.419 e. The molecule has 0 aliphatic heterocycles. The average Bonchev–Trinajstić information content (AvgIpc) is 2.70. The van der Waals surface area contributed by atoms with E-state index in [9.17, 15) is 31.4 Å². The zero-order valence-corrected chi connectivity index (χ0v) is 12.4. The zero-order valence-electron chi connectivity index (χ0n) is 10.8. The van der Waals surface area contributed by atoms with Crippen molar-refractivity contribution >= 4 is 43.1 Å². The fraction of sp³-hybridized carbons (Fsp3) is 0.143. The Morgan fingerprint density at radius 2 is 1.26 bits per heavy atom. The van der Waals surface area contributed by atoms with Gasteiger partial charge in [0.15, 0.2) is 0 Å². The molecule has 1 nitrogen and oxygen atoms in total. The molecule has 0 atom stereocenters. The van der Waals surface area contributed by atoms with Gasteiger partial charge in [-0.05, 0) is 24.3 Å². The number of hydrogen-bond donors (Lipinski definition) is 1. The Kier molecular flexibility index (Phi) is 3.46. The Bertz CT molecular complexity index is 851. The Labute approximate surface area is 133 Å². The number of halogens is 7. The van der Waals surface area contributed by atoms with E-state index < -0.39 is 34.3 Å². The number of phenolic OH excluding ortho intramolecular Hbond substituents is 1. The molecular weight excluding hydrogens is 366 g/mol. The summed E-state index contributed by atoms with van der Waals surface area (Å²) in [4.78, 5) is 0. The van der Waals surface area contributed by atoms with Gasteiger partial charge in [-0.25, -0.2) is 0 Å². The van der Waals surface area contributed by atoms with Crippen molar-refractivity contribution < 1.29 is 31.4 Å². The van der Waals surface area contributed by atoms with Crippen LogP contribution in [-0.2, 0) is 12.4 Å². The third-order valence-corrected chi connectivity index (χ3v) is 4.72. The van der Waals surface area contributed by atoms with E-state index in [1.807, 2.05) is 0 Å². The van der Waals surface area contributed by atoms with Gasteiger partial charge >= 0.3 is 12.4 Å². The molecule has 0 fully saturated rings. The third-order valence-electron chi connectivity index (χ3n) is 3.29. The first-order valence-electron chi connectivity index (χ1n) is 6.01. The van der Waals surface area contributed by atoms with Crippen LogP contribution in [0.3, 0.4) is 0 Å². The minimum absolute atomic E-state index is 0.00669. The molecule has 9 heteroatoms. The quantitative estimate of drug-likeness (QED) is 0.451. The number of rotatable bonds is 0. The predicted molar refractivity (Wildman–Crippen MR) is 76.0 cm³/mol. The van der Waals surface area contributed by atoms with E-state index in [4.69, 9.17) is 11.6 Å². The number of hydrogen-bond acceptors (Lipinski definition) is 2. The van der Waals surface area contributed by atoms with Crippen LogP contribution >= 0.6 is 22.9 Å². The summed E-state index contributed by atoms with van der Waals surface area (Å²) in [5.74, 6) is -0.973. The Hall–Kier alpha value is -1.67. The van der Waals surface area contributed by atoms with Gasteiger partial charge in [-0.2, -0.15) is 26.3 Å². The Morgan fingerprint density at radius 3 is 1.78 bits per heavy atom. The maximum absolute atomic E-state index is 12.9. The van der Waals surface area contributed by atoms with Gasteiger partial charge in [-0.15, -0.1) is 11.3 Å².